The quantitative estimate of drug-likeness (QED) is 0.133. The van der Waals surface area contributed by atoms with Crippen LogP contribution in [0.25, 0.3) is 0 Å². The Hall–Kier alpha value is -3.95. The van der Waals surface area contributed by atoms with Gasteiger partial charge in [-0.2, -0.15) is 16.8 Å². The summed E-state index contributed by atoms with van der Waals surface area (Å²) < 4.78 is 78.8. The van der Waals surface area contributed by atoms with E-state index in [2.05, 4.69) is 0 Å². The lowest BCUT2D eigenvalue weighted by Gasteiger charge is -2.44. The van der Waals surface area contributed by atoms with Gasteiger partial charge in [-0.3, -0.25) is 8.37 Å². The summed E-state index contributed by atoms with van der Waals surface area (Å²) in [5, 5.41) is 11.2. The molecule has 1 aliphatic heterocycles. The molecule has 1 heterocycles. The summed E-state index contributed by atoms with van der Waals surface area (Å²) in [5.41, 5.74) is 0.938. The van der Waals surface area contributed by atoms with Crippen molar-refractivity contribution in [3.63, 3.8) is 0 Å². The first-order chi connectivity index (χ1) is 22.4. The molecule has 1 fully saturated rings. The molecule has 4 aromatic rings. The third kappa shape index (κ3) is 8.32. The Bertz CT molecular complexity index is 1740. The number of carbonyl (C=O) groups is 1. The van der Waals surface area contributed by atoms with Gasteiger partial charge in [0.25, 0.3) is 20.2 Å². The van der Waals surface area contributed by atoms with Crippen LogP contribution in [-0.4, -0.2) is 77.7 Å². The molecule has 0 saturated carbocycles. The molecule has 5 atom stereocenters. The number of benzene rings is 4. The van der Waals surface area contributed by atoms with E-state index in [9.17, 15) is 26.7 Å². The van der Waals surface area contributed by atoms with E-state index in [-0.39, 0.29) is 5.56 Å². The molecule has 4 aromatic carbocycles. The average Bonchev–Trinajstić information content (AvgIpc) is 3.05. The second-order valence-corrected chi connectivity index (χ2v) is 14.1. The molecule has 1 N–H and O–H groups in total. The van der Waals surface area contributed by atoms with Gasteiger partial charge >= 0.3 is 5.97 Å². The van der Waals surface area contributed by atoms with Gasteiger partial charge in [0.05, 0.1) is 24.7 Å². The zero-order chi connectivity index (χ0) is 33.7. The first-order valence-corrected chi connectivity index (χ1v) is 18.2. The van der Waals surface area contributed by atoms with Crippen molar-refractivity contribution in [2.45, 2.75) is 36.3 Å². The van der Waals surface area contributed by atoms with E-state index in [1.807, 2.05) is 91.0 Å². The summed E-state index contributed by atoms with van der Waals surface area (Å²) in [7, 11) is -8.65. The first kappa shape index (κ1) is 34.4. The van der Waals surface area contributed by atoms with Crippen LogP contribution in [0.4, 0.5) is 0 Å². The van der Waals surface area contributed by atoms with Crippen LogP contribution in [0.15, 0.2) is 121 Å². The molecule has 0 unspecified atom stereocenters. The van der Waals surface area contributed by atoms with Crippen LogP contribution < -0.4 is 0 Å². The lowest BCUT2D eigenvalue weighted by atomic mass is 9.80. The molecule has 0 amide bonds. The monoisotopic (exact) mass is 682 g/mol. The highest BCUT2D eigenvalue weighted by molar-refractivity contribution is 7.86. The van der Waals surface area contributed by atoms with E-state index >= 15 is 0 Å². The molecule has 1 aliphatic rings. The van der Waals surface area contributed by atoms with Crippen molar-refractivity contribution in [1.29, 1.82) is 0 Å². The standard InChI is InChI=1S/C34H34O11S2/c1-46(37,38)44-29-28(42-33(36)31(30(29)45-47(2,39)40)43-32(35)24-15-7-3-8-16-24)23-41-34(25-17-9-4-10-18-25,26-19-11-5-12-20-26)27-21-13-6-14-22-27/h3-22,28-31,33,36H,23H2,1-2H3/t28-,29-,30+,31-,33+/m1/s1. The van der Waals surface area contributed by atoms with Crippen LogP contribution in [0.2, 0.25) is 0 Å². The smallest absolute Gasteiger partial charge is 0.338 e. The Kier molecular flexibility index (Phi) is 10.6. The van der Waals surface area contributed by atoms with Crippen LogP contribution in [0, 0.1) is 0 Å². The lowest BCUT2D eigenvalue weighted by Crippen LogP contribution is -2.62. The topological polar surface area (TPSA) is 152 Å². The second kappa shape index (κ2) is 14.4. The fourth-order valence-electron chi connectivity index (χ4n) is 5.53. The highest BCUT2D eigenvalue weighted by atomic mass is 32.2. The van der Waals surface area contributed by atoms with Crippen LogP contribution in [0.3, 0.4) is 0 Å². The molecule has 47 heavy (non-hydrogen) atoms. The van der Waals surface area contributed by atoms with Gasteiger partial charge in [0.15, 0.2) is 12.4 Å². The predicted octanol–water partition coefficient (Wildman–Crippen LogP) is 3.63. The van der Waals surface area contributed by atoms with Crippen molar-refractivity contribution < 1.29 is 49.3 Å². The summed E-state index contributed by atoms with van der Waals surface area (Å²) in [6.45, 7) is -0.446. The maximum atomic E-state index is 13.0. The van der Waals surface area contributed by atoms with Gasteiger partial charge in [0.1, 0.15) is 23.9 Å². The number of esters is 1. The van der Waals surface area contributed by atoms with Crippen LogP contribution >= 0.6 is 0 Å². The molecular formula is C34H34O11S2. The van der Waals surface area contributed by atoms with Crippen LogP contribution in [0.1, 0.15) is 27.0 Å². The largest absolute Gasteiger partial charge is 0.450 e. The molecule has 0 spiro atoms. The lowest BCUT2D eigenvalue weighted by molar-refractivity contribution is -0.281. The molecule has 0 radical (unpaired) electrons. The molecular weight excluding hydrogens is 648 g/mol. The van der Waals surface area contributed by atoms with Crippen LogP contribution in [0.5, 0.6) is 0 Å². The van der Waals surface area contributed by atoms with E-state index in [0.29, 0.717) is 16.7 Å². The molecule has 0 aromatic heterocycles. The highest BCUT2D eigenvalue weighted by Crippen LogP contribution is 2.41. The molecule has 5 rings (SSSR count). The minimum Gasteiger partial charge on any atom is -0.450 e. The highest BCUT2D eigenvalue weighted by Gasteiger charge is 2.53. The zero-order valence-corrected chi connectivity index (χ0v) is 27.1. The van der Waals surface area contributed by atoms with Crippen molar-refractivity contribution in [3.05, 3.63) is 144 Å². The summed E-state index contributed by atoms with van der Waals surface area (Å²) in [5.74, 6) is -0.940. The molecule has 1 saturated heterocycles. The molecule has 248 valence electrons. The fraction of sp³-hybridized carbons (Fsp3) is 0.265. The van der Waals surface area contributed by atoms with Gasteiger partial charge in [-0.05, 0) is 28.8 Å². The van der Waals surface area contributed by atoms with E-state index in [1.165, 1.54) is 12.1 Å². The number of ether oxygens (including phenoxy) is 3. The maximum Gasteiger partial charge on any atom is 0.338 e. The summed E-state index contributed by atoms with van der Waals surface area (Å²) in [6, 6.07) is 35.6. The summed E-state index contributed by atoms with van der Waals surface area (Å²) >= 11 is 0. The molecule has 0 aliphatic carbocycles. The molecule has 11 nitrogen and oxygen atoms in total. The van der Waals surface area contributed by atoms with Crippen molar-refractivity contribution in [2.24, 2.45) is 0 Å². The van der Waals surface area contributed by atoms with Gasteiger partial charge in [-0.1, -0.05) is 109 Å². The number of aliphatic hydroxyl groups is 1. The summed E-state index contributed by atoms with van der Waals surface area (Å²) in [4.78, 5) is 13.0. The first-order valence-electron chi connectivity index (χ1n) is 14.5. The Balaban J connectivity index is 1.58. The number of hydrogen-bond acceptors (Lipinski definition) is 11. The fourth-order valence-corrected chi connectivity index (χ4v) is 6.79. The molecule has 13 heteroatoms. The van der Waals surface area contributed by atoms with Gasteiger partial charge in [-0.15, -0.1) is 0 Å². The normalized spacial score (nSPS) is 22.0. The summed E-state index contributed by atoms with van der Waals surface area (Å²) in [6.07, 6.45) is -7.35. The Morgan fingerprint density at radius 2 is 1.06 bits per heavy atom. The van der Waals surface area contributed by atoms with Gasteiger partial charge in [-0.25, -0.2) is 4.79 Å². The second-order valence-electron chi connectivity index (χ2n) is 10.9. The Morgan fingerprint density at radius 1 is 0.660 bits per heavy atom. The van der Waals surface area contributed by atoms with E-state index in [1.54, 1.807) is 18.2 Å². The number of hydrogen-bond donors (Lipinski definition) is 1. The number of carbonyl (C=O) groups excluding carboxylic acids is 1. The van der Waals surface area contributed by atoms with Crippen molar-refractivity contribution in [1.82, 2.24) is 0 Å². The zero-order valence-electron chi connectivity index (χ0n) is 25.5. The van der Waals surface area contributed by atoms with Crippen molar-refractivity contribution in [3.8, 4) is 0 Å². The van der Waals surface area contributed by atoms with Crippen molar-refractivity contribution in [2.75, 3.05) is 19.1 Å². The van der Waals surface area contributed by atoms with Crippen LogP contribution in [-0.2, 0) is 48.4 Å². The number of rotatable bonds is 12. The number of aliphatic hydroxyl groups excluding tert-OH is 1. The SMILES string of the molecule is CS(=O)(=O)O[C@@H]1[C@@H](OC(=O)c2ccccc2)[C@@H](O)O[C@H](COC(c2ccccc2)(c2ccccc2)c2ccccc2)[C@H]1OS(C)(=O)=O. The minimum atomic E-state index is -4.34. The Morgan fingerprint density at radius 3 is 1.49 bits per heavy atom. The maximum absolute atomic E-state index is 13.0. The van der Waals surface area contributed by atoms with Crippen molar-refractivity contribution >= 4 is 26.2 Å². The Labute approximate surface area is 273 Å². The van der Waals surface area contributed by atoms with E-state index in [4.69, 9.17) is 22.6 Å². The minimum absolute atomic E-state index is 0.0854. The van der Waals surface area contributed by atoms with E-state index < -0.39 is 69.1 Å². The van der Waals surface area contributed by atoms with Gasteiger partial charge in [0, 0.05) is 0 Å². The molecule has 0 bridgehead atoms. The average molecular weight is 683 g/mol. The predicted molar refractivity (Wildman–Crippen MR) is 171 cm³/mol. The third-order valence-electron chi connectivity index (χ3n) is 7.44. The van der Waals surface area contributed by atoms with Gasteiger partial charge < -0.3 is 19.3 Å². The van der Waals surface area contributed by atoms with Gasteiger partial charge in [0.2, 0.25) is 0 Å². The third-order valence-corrected chi connectivity index (χ3v) is 8.58. The van der Waals surface area contributed by atoms with E-state index in [0.717, 1.165) is 12.5 Å².